The fraction of sp³-hybridized carbons (Fsp3) is 0.375. The lowest BCUT2D eigenvalue weighted by Crippen LogP contribution is -2.27. The molecule has 0 saturated heterocycles. The number of thiazole rings is 1. The van der Waals surface area contributed by atoms with E-state index in [2.05, 4.69) is 22.5 Å². The van der Waals surface area contributed by atoms with Crippen LogP contribution in [0.15, 0.2) is 29.6 Å². The minimum Gasteiger partial charge on any atom is -0.362 e. The van der Waals surface area contributed by atoms with Gasteiger partial charge in [-0.05, 0) is 31.9 Å². The van der Waals surface area contributed by atoms with Crippen molar-refractivity contribution < 1.29 is 4.79 Å². The van der Waals surface area contributed by atoms with Gasteiger partial charge in [0.25, 0.3) is 0 Å². The Morgan fingerprint density at radius 2 is 2.29 bits per heavy atom. The first-order chi connectivity index (χ1) is 10.3. The number of carbonyl (C=O) groups is 1. The highest BCUT2D eigenvalue weighted by atomic mass is 32.1. The zero-order valence-electron chi connectivity index (χ0n) is 12.1. The second-order valence-corrected chi connectivity index (χ2v) is 6.12. The average Bonchev–Trinajstić information content (AvgIpc) is 2.86. The molecule has 1 aromatic heterocycles. The maximum absolute atomic E-state index is 12.0. The minimum absolute atomic E-state index is 0.144. The molecule has 0 spiro atoms. The number of hydrogen-bond donors (Lipinski definition) is 2. The average molecular weight is 301 g/mol. The molecule has 0 radical (unpaired) electrons. The number of amides is 1. The summed E-state index contributed by atoms with van der Waals surface area (Å²) < 4.78 is 0. The predicted octanol–water partition coefficient (Wildman–Crippen LogP) is 3.98. The molecule has 1 fully saturated rings. The Bertz CT molecular complexity index is 634. The fourth-order valence-electron chi connectivity index (χ4n) is 2.31. The van der Waals surface area contributed by atoms with Crippen molar-refractivity contribution >= 4 is 28.1 Å². The third kappa shape index (κ3) is 3.24. The molecule has 110 valence electrons. The van der Waals surface area contributed by atoms with Crippen LogP contribution < -0.4 is 10.6 Å². The summed E-state index contributed by atoms with van der Waals surface area (Å²) in [5.74, 6) is 0.346. The Morgan fingerprint density at radius 3 is 3.00 bits per heavy atom. The molecule has 2 aromatic rings. The number of benzene rings is 1. The van der Waals surface area contributed by atoms with Crippen LogP contribution in [0.1, 0.15) is 26.2 Å². The SMILES string of the molecule is CCNc1nc(-c2cccc(NC(=O)C3CCC3)c2)cs1. The van der Waals surface area contributed by atoms with E-state index in [-0.39, 0.29) is 11.8 Å². The second kappa shape index (κ2) is 6.26. The number of anilines is 2. The summed E-state index contributed by atoms with van der Waals surface area (Å²) >= 11 is 1.60. The number of nitrogens with zero attached hydrogens (tertiary/aromatic N) is 1. The molecule has 1 aliphatic rings. The molecule has 1 heterocycles. The van der Waals surface area contributed by atoms with Crippen molar-refractivity contribution in [1.29, 1.82) is 0 Å². The van der Waals surface area contributed by atoms with Crippen LogP contribution in [0.2, 0.25) is 0 Å². The Kier molecular flexibility index (Phi) is 4.20. The van der Waals surface area contributed by atoms with Crippen LogP contribution in [-0.2, 0) is 4.79 Å². The lowest BCUT2D eigenvalue weighted by molar-refractivity contribution is -0.122. The molecule has 4 nitrogen and oxygen atoms in total. The molecule has 1 aromatic carbocycles. The molecular weight excluding hydrogens is 282 g/mol. The van der Waals surface area contributed by atoms with Crippen molar-refractivity contribution in [3.8, 4) is 11.3 Å². The number of carbonyl (C=O) groups excluding carboxylic acids is 1. The maximum atomic E-state index is 12.0. The highest BCUT2D eigenvalue weighted by molar-refractivity contribution is 7.14. The lowest BCUT2D eigenvalue weighted by Gasteiger charge is -2.24. The highest BCUT2D eigenvalue weighted by Crippen LogP contribution is 2.29. The van der Waals surface area contributed by atoms with Crippen LogP contribution >= 0.6 is 11.3 Å². The van der Waals surface area contributed by atoms with Gasteiger partial charge in [-0.3, -0.25) is 4.79 Å². The van der Waals surface area contributed by atoms with Gasteiger partial charge in [-0.1, -0.05) is 18.6 Å². The molecular formula is C16H19N3OS. The summed E-state index contributed by atoms with van der Waals surface area (Å²) in [5, 5.41) is 9.18. The molecule has 0 aliphatic heterocycles. The van der Waals surface area contributed by atoms with Crippen LogP contribution in [0.3, 0.4) is 0 Å². The summed E-state index contributed by atoms with van der Waals surface area (Å²) in [4.78, 5) is 16.5. The van der Waals surface area contributed by atoms with E-state index < -0.39 is 0 Å². The van der Waals surface area contributed by atoms with Crippen molar-refractivity contribution in [3.63, 3.8) is 0 Å². The molecule has 5 heteroatoms. The van der Waals surface area contributed by atoms with Gasteiger partial charge < -0.3 is 10.6 Å². The number of rotatable bonds is 5. The number of nitrogens with one attached hydrogen (secondary N) is 2. The standard InChI is InChI=1S/C16H19N3OS/c1-2-17-16-19-14(10-21-16)12-7-4-8-13(9-12)18-15(20)11-5-3-6-11/h4,7-11H,2-3,5-6H2,1H3,(H,17,19)(H,18,20). The summed E-state index contributed by atoms with van der Waals surface area (Å²) in [6, 6.07) is 7.89. The lowest BCUT2D eigenvalue weighted by atomic mass is 9.85. The van der Waals surface area contributed by atoms with Crippen LogP contribution in [-0.4, -0.2) is 17.4 Å². The summed E-state index contributed by atoms with van der Waals surface area (Å²) in [6.45, 7) is 2.92. The normalized spacial score (nSPS) is 14.5. The molecule has 0 atom stereocenters. The molecule has 21 heavy (non-hydrogen) atoms. The van der Waals surface area contributed by atoms with E-state index in [1.165, 1.54) is 6.42 Å². The van der Waals surface area contributed by atoms with E-state index in [1.807, 2.05) is 29.6 Å². The van der Waals surface area contributed by atoms with Crippen molar-refractivity contribution in [3.05, 3.63) is 29.6 Å². The first kappa shape index (κ1) is 14.1. The van der Waals surface area contributed by atoms with E-state index in [1.54, 1.807) is 11.3 Å². The van der Waals surface area contributed by atoms with Crippen molar-refractivity contribution in [2.75, 3.05) is 17.2 Å². The van der Waals surface area contributed by atoms with Gasteiger partial charge in [0, 0.05) is 29.1 Å². The molecule has 0 bridgehead atoms. The first-order valence-electron chi connectivity index (χ1n) is 7.37. The van der Waals surface area contributed by atoms with Crippen molar-refractivity contribution in [2.24, 2.45) is 5.92 Å². The zero-order chi connectivity index (χ0) is 14.7. The van der Waals surface area contributed by atoms with Crippen molar-refractivity contribution in [1.82, 2.24) is 4.98 Å². The van der Waals surface area contributed by atoms with Crippen LogP contribution in [0, 0.1) is 5.92 Å². The molecule has 1 amide bonds. The zero-order valence-corrected chi connectivity index (χ0v) is 12.9. The predicted molar refractivity (Wildman–Crippen MR) is 87.7 cm³/mol. The van der Waals surface area contributed by atoms with Crippen molar-refractivity contribution in [2.45, 2.75) is 26.2 Å². The van der Waals surface area contributed by atoms with Gasteiger partial charge in [0.2, 0.25) is 5.91 Å². The Balaban J connectivity index is 1.73. The van der Waals surface area contributed by atoms with E-state index in [9.17, 15) is 4.79 Å². The Morgan fingerprint density at radius 1 is 1.43 bits per heavy atom. The van der Waals surface area contributed by atoms with Gasteiger partial charge in [0.15, 0.2) is 5.13 Å². The summed E-state index contributed by atoms with van der Waals surface area (Å²) in [7, 11) is 0. The largest absolute Gasteiger partial charge is 0.362 e. The van der Waals surface area contributed by atoms with E-state index in [0.29, 0.717) is 0 Å². The number of hydrogen-bond acceptors (Lipinski definition) is 4. The van der Waals surface area contributed by atoms with E-state index >= 15 is 0 Å². The quantitative estimate of drug-likeness (QED) is 0.878. The van der Waals surface area contributed by atoms with Crippen LogP contribution in [0.4, 0.5) is 10.8 Å². The monoisotopic (exact) mass is 301 g/mol. The maximum Gasteiger partial charge on any atom is 0.227 e. The molecule has 0 unspecified atom stereocenters. The first-order valence-corrected chi connectivity index (χ1v) is 8.25. The Labute approximate surface area is 128 Å². The third-order valence-electron chi connectivity index (χ3n) is 3.73. The fourth-order valence-corrected chi connectivity index (χ4v) is 3.10. The van der Waals surface area contributed by atoms with Crippen LogP contribution in [0.5, 0.6) is 0 Å². The summed E-state index contributed by atoms with van der Waals surface area (Å²) in [5.41, 5.74) is 2.82. The highest BCUT2D eigenvalue weighted by Gasteiger charge is 2.25. The topological polar surface area (TPSA) is 54.0 Å². The minimum atomic E-state index is 0.144. The number of aromatic nitrogens is 1. The van der Waals surface area contributed by atoms with Gasteiger partial charge in [0.1, 0.15) is 0 Å². The third-order valence-corrected chi connectivity index (χ3v) is 4.53. The molecule has 2 N–H and O–H groups in total. The molecule has 1 saturated carbocycles. The summed E-state index contributed by atoms with van der Waals surface area (Å²) in [6.07, 6.45) is 3.21. The van der Waals surface area contributed by atoms with Crippen LogP contribution in [0.25, 0.3) is 11.3 Å². The molecule has 1 aliphatic carbocycles. The molecule has 3 rings (SSSR count). The smallest absolute Gasteiger partial charge is 0.227 e. The Hall–Kier alpha value is -1.88. The van der Waals surface area contributed by atoms with Gasteiger partial charge >= 0.3 is 0 Å². The van der Waals surface area contributed by atoms with Gasteiger partial charge in [-0.25, -0.2) is 4.98 Å². The van der Waals surface area contributed by atoms with E-state index in [0.717, 1.165) is 41.5 Å². The van der Waals surface area contributed by atoms with E-state index in [4.69, 9.17) is 0 Å². The van der Waals surface area contributed by atoms with Gasteiger partial charge in [-0.15, -0.1) is 11.3 Å². The second-order valence-electron chi connectivity index (χ2n) is 5.27. The van der Waals surface area contributed by atoms with Gasteiger partial charge in [0.05, 0.1) is 5.69 Å². The van der Waals surface area contributed by atoms with Gasteiger partial charge in [-0.2, -0.15) is 0 Å².